The van der Waals surface area contributed by atoms with Crippen molar-refractivity contribution in [3.8, 4) is 0 Å². The van der Waals surface area contributed by atoms with E-state index in [1.54, 1.807) is 12.1 Å². The molecule has 0 aromatic heterocycles. The standard InChI is InChI=1S/C14H21F3N2S/c1-3-9-19(4-2)13(10-18)11-5-7-12(8-6-11)20-14(15,16)17/h5-8,13H,3-4,9-10,18H2,1-2H3. The third-order valence-electron chi connectivity index (χ3n) is 3.08. The van der Waals surface area contributed by atoms with Crippen LogP contribution in [0.3, 0.4) is 0 Å². The number of hydrogen-bond acceptors (Lipinski definition) is 3. The largest absolute Gasteiger partial charge is 0.446 e. The molecule has 6 heteroatoms. The minimum Gasteiger partial charge on any atom is -0.329 e. The summed E-state index contributed by atoms with van der Waals surface area (Å²) < 4.78 is 36.9. The molecule has 1 atom stereocenters. The van der Waals surface area contributed by atoms with Gasteiger partial charge in [-0.25, -0.2) is 0 Å². The molecule has 2 nitrogen and oxygen atoms in total. The molecule has 0 amide bonds. The molecule has 20 heavy (non-hydrogen) atoms. The van der Waals surface area contributed by atoms with Gasteiger partial charge >= 0.3 is 5.51 Å². The first kappa shape index (κ1) is 17.3. The van der Waals surface area contributed by atoms with Gasteiger partial charge in [0.2, 0.25) is 0 Å². The van der Waals surface area contributed by atoms with Crippen LogP contribution in [0.2, 0.25) is 0 Å². The first-order valence-corrected chi connectivity index (χ1v) is 7.52. The maximum absolute atomic E-state index is 12.3. The summed E-state index contributed by atoms with van der Waals surface area (Å²) in [5, 5.41) is 0. The summed E-state index contributed by atoms with van der Waals surface area (Å²) in [5.41, 5.74) is 2.55. The molecule has 1 unspecified atom stereocenters. The fourth-order valence-corrected chi connectivity index (χ4v) is 2.75. The van der Waals surface area contributed by atoms with Crippen LogP contribution < -0.4 is 5.73 Å². The van der Waals surface area contributed by atoms with E-state index in [1.165, 1.54) is 12.1 Å². The summed E-state index contributed by atoms with van der Waals surface area (Å²) >= 11 is -0.0917. The van der Waals surface area contributed by atoms with E-state index in [1.807, 2.05) is 0 Å². The molecule has 0 saturated carbocycles. The highest BCUT2D eigenvalue weighted by atomic mass is 32.2. The third-order valence-corrected chi connectivity index (χ3v) is 3.82. The van der Waals surface area contributed by atoms with Gasteiger partial charge < -0.3 is 5.73 Å². The predicted molar refractivity (Wildman–Crippen MR) is 77.7 cm³/mol. The van der Waals surface area contributed by atoms with Gasteiger partial charge in [-0.05, 0) is 49.0 Å². The number of halogens is 3. The molecule has 1 rings (SSSR count). The molecular formula is C14H21F3N2S. The molecule has 0 aliphatic carbocycles. The second-order valence-electron chi connectivity index (χ2n) is 4.50. The van der Waals surface area contributed by atoms with Gasteiger partial charge in [-0.3, -0.25) is 4.90 Å². The van der Waals surface area contributed by atoms with E-state index in [-0.39, 0.29) is 22.7 Å². The van der Waals surface area contributed by atoms with Gasteiger partial charge in [-0.15, -0.1) is 0 Å². The van der Waals surface area contributed by atoms with Crippen molar-refractivity contribution in [2.24, 2.45) is 5.73 Å². The smallest absolute Gasteiger partial charge is 0.329 e. The highest BCUT2D eigenvalue weighted by molar-refractivity contribution is 8.00. The zero-order valence-corrected chi connectivity index (χ0v) is 12.6. The molecule has 1 aromatic rings. The SMILES string of the molecule is CCCN(CC)C(CN)c1ccc(SC(F)(F)F)cc1. The monoisotopic (exact) mass is 306 g/mol. The van der Waals surface area contributed by atoms with Crippen LogP contribution in [-0.4, -0.2) is 30.0 Å². The molecule has 0 bridgehead atoms. The van der Waals surface area contributed by atoms with Crippen LogP contribution in [0, 0.1) is 0 Å². The lowest BCUT2D eigenvalue weighted by Gasteiger charge is -2.30. The van der Waals surface area contributed by atoms with Gasteiger partial charge in [-0.2, -0.15) is 13.2 Å². The summed E-state index contributed by atoms with van der Waals surface area (Å²) in [6, 6.07) is 6.56. The number of rotatable bonds is 7. The Morgan fingerprint density at radius 3 is 2.20 bits per heavy atom. The molecule has 0 aliphatic heterocycles. The quantitative estimate of drug-likeness (QED) is 0.771. The van der Waals surface area contributed by atoms with Crippen molar-refractivity contribution in [1.82, 2.24) is 4.90 Å². The van der Waals surface area contributed by atoms with E-state index in [2.05, 4.69) is 18.7 Å². The van der Waals surface area contributed by atoms with E-state index in [4.69, 9.17) is 5.73 Å². The molecule has 0 aliphatic rings. The molecule has 114 valence electrons. The topological polar surface area (TPSA) is 29.3 Å². The van der Waals surface area contributed by atoms with E-state index in [0.29, 0.717) is 6.54 Å². The normalized spacial score (nSPS) is 13.8. The van der Waals surface area contributed by atoms with E-state index >= 15 is 0 Å². The van der Waals surface area contributed by atoms with E-state index < -0.39 is 5.51 Å². The Labute approximate surface area is 122 Å². The van der Waals surface area contributed by atoms with Gasteiger partial charge in [0.1, 0.15) is 0 Å². The molecule has 0 spiro atoms. The molecule has 0 saturated heterocycles. The first-order valence-electron chi connectivity index (χ1n) is 6.71. The van der Waals surface area contributed by atoms with Crippen molar-refractivity contribution in [2.45, 2.75) is 36.7 Å². The number of alkyl halides is 3. The Morgan fingerprint density at radius 1 is 1.20 bits per heavy atom. The maximum Gasteiger partial charge on any atom is 0.446 e. The Hall–Kier alpha value is -0.720. The fraction of sp³-hybridized carbons (Fsp3) is 0.571. The highest BCUT2D eigenvalue weighted by Gasteiger charge is 2.29. The zero-order chi connectivity index (χ0) is 15.2. The van der Waals surface area contributed by atoms with E-state index in [0.717, 1.165) is 25.1 Å². The number of nitrogens with zero attached hydrogens (tertiary/aromatic N) is 1. The van der Waals surface area contributed by atoms with Crippen LogP contribution in [0.4, 0.5) is 13.2 Å². The van der Waals surface area contributed by atoms with Crippen LogP contribution >= 0.6 is 11.8 Å². The van der Waals surface area contributed by atoms with Crippen LogP contribution in [0.15, 0.2) is 29.2 Å². The Balaban J connectivity index is 2.84. The Morgan fingerprint density at radius 2 is 1.80 bits per heavy atom. The average molecular weight is 306 g/mol. The maximum atomic E-state index is 12.3. The number of benzene rings is 1. The van der Waals surface area contributed by atoms with Crippen LogP contribution in [0.1, 0.15) is 31.9 Å². The van der Waals surface area contributed by atoms with Crippen molar-refractivity contribution in [2.75, 3.05) is 19.6 Å². The summed E-state index contributed by atoms with van der Waals surface area (Å²) in [5.74, 6) is 0. The molecule has 0 radical (unpaired) electrons. The lowest BCUT2D eigenvalue weighted by molar-refractivity contribution is -0.0328. The van der Waals surface area contributed by atoms with E-state index in [9.17, 15) is 13.2 Å². The van der Waals surface area contributed by atoms with Gasteiger partial charge in [0.25, 0.3) is 0 Å². The van der Waals surface area contributed by atoms with Gasteiger partial charge in [0.15, 0.2) is 0 Å². The number of likely N-dealkylation sites (N-methyl/N-ethyl adjacent to an activating group) is 1. The first-order chi connectivity index (χ1) is 9.41. The second kappa shape index (κ2) is 7.90. The van der Waals surface area contributed by atoms with Crippen molar-refractivity contribution >= 4 is 11.8 Å². The average Bonchev–Trinajstić information content (AvgIpc) is 2.38. The Bertz CT molecular complexity index is 392. The van der Waals surface area contributed by atoms with Gasteiger partial charge in [0.05, 0.1) is 0 Å². The van der Waals surface area contributed by atoms with Crippen LogP contribution in [-0.2, 0) is 0 Å². The van der Waals surface area contributed by atoms with Crippen molar-refractivity contribution in [3.05, 3.63) is 29.8 Å². The molecular weight excluding hydrogens is 285 g/mol. The van der Waals surface area contributed by atoms with Crippen molar-refractivity contribution in [3.63, 3.8) is 0 Å². The number of hydrogen-bond donors (Lipinski definition) is 1. The molecule has 0 fully saturated rings. The van der Waals surface area contributed by atoms with Gasteiger partial charge in [0, 0.05) is 17.5 Å². The molecule has 2 N–H and O–H groups in total. The van der Waals surface area contributed by atoms with Crippen molar-refractivity contribution < 1.29 is 13.2 Å². The van der Waals surface area contributed by atoms with Crippen molar-refractivity contribution in [1.29, 1.82) is 0 Å². The van der Waals surface area contributed by atoms with Crippen LogP contribution in [0.5, 0.6) is 0 Å². The lowest BCUT2D eigenvalue weighted by atomic mass is 10.1. The summed E-state index contributed by atoms with van der Waals surface area (Å²) in [6.45, 7) is 6.41. The highest BCUT2D eigenvalue weighted by Crippen LogP contribution is 2.37. The summed E-state index contributed by atoms with van der Waals surface area (Å²) in [6.07, 6.45) is 1.02. The minimum absolute atomic E-state index is 0.0601. The predicted octanol–water partition coefficient (Wildman–Crippen LogP) is 4.03. The number of nitrogens with two attached hydrogens (primary N) is 1. The lowest BCUT2D eigenvalue weighted by Crippen LogP contribution is -2.34. The fourth-order valence-electron chi connectivity index (χ4n) is 2.21. The minimum atomic E-state index is -4.24. The number of thioether (sulfide) groups is 1. The second-order valence-corrected chi connectivity index (χ2v) is 5.64. The molecule has 1 aromatic carbocycles. The summed E-state index contributed by atoms with van der Waals surface area (Å²) in [7, 11) is 0. The Kier molecular flexibility index (Phi) is 6.85. The third kappa shape index (κ3) is 5.34. The zero-order valence-electron chi connectivity index (χ0n) is 11.8. The van der Waals surface area contributed by atoms with Crippen LogP contribution in [0.25, 0.3) is 0 Å². The van der Waals surface area contributed by atoms with Gasteiger partial charge in [-0.1, -0.05) is 26.0 Å². The molecule has 0 heterocycles. The summed E-state index contributed by atoms with van der Waals surface area (Å²) in [4.78, 5) is 2.45.